The second kappa shape index (κ2) is 4.53. The molecule has 18 heavy (non-hydrogen) atoms. The second-order valence-electron chi connectivity index (χ2n) is 5.53. The molecule has 100 valence electrons. The minimum Gasteiger partial charge on any atom is -0.394 e. The molecule has 5 nitrogen and oxygen atoms in total. The number of amides is 1. The summed E-state index contributed by atoms with van der Waals surface area (Å²) in [7, 11) is 0. The Hall–Kier alpha value is -1.10. The number of rotatable bonds is 1. The third kappa shape index (κ3) is 1.90. The van der Waals surface area contributed by atoms with E-state index in [1.54, 1.807) is 0 Å². The number of nitrogens with zero attached hydrogens (tertiary/aromatic N) is 1. The number of hydrogen-bond acceptors (Lipinski definition) is 3. The van der Waals surface area contributed by atoms with E-state index in [1.165, 1.54) is 0 Å². The third-order valence-electron chi connectivity index (χ3n) is 4.40. The molecule has 0 aromatic rings. The van der Waals surface area contributed by atoms with E-state index in [2.05, 4.69) is 0 Å². The molecule has 3 rings (SSSR count). The zero-order valence-electron chi connectivity index (χ0n) is 10.7. The predicted molar refractivity (Wildman–Crippen MR) is 63.9 cm³/mol. The average Bonchev–Trinajstić information content (AvgIpc) is 2.69. The Bertz CT molecular complexity index is 381. The van der Waals surface area contributed by atoms with Crippen molar-refractivity contribution >= 4 is 11.9 Å². The summed E-state index contributed by atoms with van der Waals surface area (Å²) < 4.78 is 11.1. The van der Waals surface area contributed by atoms with Crippen molar-refractivity contribution in [1.29, 1.82) is 0 Å². The number of aliphatic hydroxyl groups is 1. The number of carbonyl (C=O) groups is 1. The Labute approximate surface area is 106 Å². The van der Waals surface area contributed by atoms with Crippen LogP contribution >= 0.6 is 0 Å². The van der Waals surface area contributed by atoms with Gasteiger partial charge in [0.15, 0.2) is 6.61 Å². The van der Waals surface area contributed by atoms with Crippen molar-refractivity contribution in [2.75, 3.05) is 13.2 Å². The molecule has 2 saturated heterocycles. The Balaban J connectivity index is 1.81. The molecule has 5 heteroatoms. The second-order valence-corrected chi connectivity index (χ2v) is 5.53. The van der Waals surface area contributed by atoms with Gasteiger partial charge in [0.2, 0.25) is 12.0 Å². The monoisotopic (exact) mass is 254 g/mol. The number of aliphatic hydroxyl groups excluding tert-OH is 1. The molecule has 1 amide bonds. The van der Waals surface area contributed by atoms with E-state index in [9.17, 15) is 9.90 Å². The van der Waals surface area contributed by atoms with Crippen LogP contribution in [0.25, 0.3) is 0 Å². The minimum atomic E-state index is 0.00801. The Morgan fingerprint density at radius 1 is 1.50 bits per heavy atom. The highest BCUT2D eigenvalue weighted by atomic mass is 16.6. The number of hydrogen-bond donors (Lipinski definition) is 1. The van der Waals surface area contributed by atoms with Crippen molar-refractivity contribution in [2.45, 2.75) is 50.8 Å². The van der Waals surface area contributed by atoms with Gasteiger partial charge in [0.05, 0.1) is 25.5 Å². The Morgan fingerprint density at radius 2 is 2.33 bits per heavy atom. The summed E-state index contributed by atoms with van der Waals surface area (Å²) in [6, 6.07) is 0.240. The van der Waals surface area contributed by atoms with Gasteiger partial charge in [0.1, 0.15) is 0 Å². The molecule has 0 aliphatic carbocycles. The molecular formula is C13H20NO4+. The Morgan fingerprint density at radius 3 is 3.11 bits per heavy atom. The zero-order chi connectivity index (χ0) is 12.7. The maximum Gasteiger partial charge on any atom is 0.481 e. The lowest BCUT2D eigenvalue weighted by atomic mass is 9.94. The first-order chi connectivity index (χ1) is 8.69. The van der Waals surface area contributed by atoms with E-state index < -0.39 is 0 Å². The summed E-state index contributed by atoms with van der Waals surface area (Å²) in [6.07, 6.45) is 3.32. The van der Waals surface area contributed by atoms with E-state index >= 15 is 0 Å². The van der Waals surface area contributed by atoms with Gasteiger partial charge >= 0.3 is 5.97 Å². The van der Waals surface area contributed by atoms with Gasteiger partial charge < -0.3 is 19.2 Å². The normalized spacial score (nSPS) is 39.6. The van der Waals surface area contributed by atoms with E-state index in [0.717, 1.165) is 19.3 Å². The predicted octanol–water partition coefficient (Wildman–Crippen LogP) is 0.229. The maximum atomic E-state index is 12.3. The summed E-state index contributed by atoms with van der Waals surface area (Å²) in [5.74, 6) is 0.927. The smallest absolute Gasteiger partial charge is 0.394 e. The average molecular weight is 254 g/mol. The molecule has 0 radical (unpaired) electrons. The number of ether oxygens (including phenoxy) is 1. The molecule has 3 aliphatic rings. The van der Waals surface area contributed by atoms with Crippen LogP contribution < -0.4 is 0 Å². The highest BCUT2D eigenvalue weighted by molar-refractivity contribution is 5.78. The third-order valence-corrected chi connectivity index (χ3v) is 4.40. The molecule has 0 bridgehead atoms. The van der Waals surface area contributed by atoms with Gasteiger partial charge in [0, 0.05) is 18.9 Å². The maximum absolute atomic E-state index is 12.3. The molecule has 2 fully saturated rings. The fourth-order valence-corrected chi connectivity index (χ4v) is 3.48. The van der Waals surface area contributed by atoms with Crippen LogP contribution in [-0.4, -0.2) is 53.3 Å². The van der Waals surface area contributed by atoms with E-state index in [4.69, 9.17) is 9.16 Å². The first-order valence-electron chi connectivity index (χ1n) is 6.74. The highest BCUT2D eigenvalue weighted by Gasteiger charge is 2.48. The van der Waals surface area contributed by atoms with Gasteiger partial charge in [-0.05, 0) is 12.8 Å². The lowest BCUT2D eigenvalue weighted by Gasteiger charge is -2.27. The molecular weight excluding hydrogens is 234 g/mol. The van der Waals surface area contributed by atoms with Gasteiger partial charge in [0.25, 0.3) is 0 Å². The minimum absolute atomic E-state index is 0.00801. The van der Waals surface area contributed by atoms with E-state index in [1.807, 2.05) is 11.8 Å². The van der Waals surface area contributed by atoms with Crippen LogP contribution in [-0.2, 0) is 14.0 Å². The van der Waals surface area contributed by atoms with Crippen molar-refractivity contribution in [3.63, 3.8) is 0 Å². The van der Waals surface area contributed by atoms with Crippen molar-refractivity contribution in [3.05, 3.63) is 0 Å². The van der Waals surface area contributed by atoms with Crippen LogP contribution in [0.2, 0.25) is 0 Å². The molecule has 3 heterocycles. The van der Waals surface area contributed by atoms with Crippen molar-refractivity contribution in [2.24, 2.45) is 5.92 Å². The lowest BCUT2D eigenvalue weighted by Crippen LogP contribution is -2.42. The lowest BCUT2D eigenvalue weighted by molar-refractivity contribution is -0.493. The standard InChI is InChI=1S/C13H20NO4/c1-8-17-7-9-4-13(16)14-10(5-12(9)18-8)2-3-11(14)6-15/h9-12,15H,2-7H2,1H3/q+1/t9?,10?,11-,12?/m0/s1. The van der Waals surface area contributed by atoms with Crippen LogP contribution in [0, 0.1) is 5.92 Å². The van der Waals surface area contributed by atoms with Crippen LogP contribution in [0.1, 0.15) is 32.6 Å². The summed E-state index contributed by atoms with van der Waals surface area (Å²) in [4.78, 5) is 14.2. The van der Waals surface area contributed by atoms with Crippen LogP contribution in [0.15, 0.2) is 0 Å². The van der Waals surface area contributed by atoms with Gasteiger partial charge in [-0.2, -0.15) is 0 Å². The van der Waals surface area contributed by atoms with Crippen molar-refractivity contribution in [3.8, 4) is 0 Å². The van der Waals surface area contributed by atoms with Crippen molar-refractivity contribution < 1.29 is 19.1 Å². The number of esters is 1. The zero-order valence-corrected chi connectivity index (χ0v) is 10.7. The van der Waals surface area contributed by atoms with E-state index in [-0.39, 0.29) is 36.6 Å². The van der Waals surface area contributed by atoms with Gasteiger partial charge in [-0.25, -0.2) is 0 Å². The first kappa shape index (κ1) is 12.0. The fourth-order valence-electron chi connectivity index (χ4n) is 3.48. The van der Waals surface area contributed by atoms with Crippen molar-refractivity contribution in [1.82, 2.24) is 4.90 Å². The molecule has 0 spiro atoms. The molecule has 0 saturated carbocycles. The molecule has 0 aromatic heterocycles. The van der Waals surface area contributed by atoms with E-state index in [0.29, 0.717) is 19.0 Å². The number of fused-ring (bicyclic) bond motifs is 2. The SMILES string of the molecule is CC1=[O+]CC2CC(=O)N3C(CC[C@H]3CO)CC2O1. The molecule has 0 aromatic carbocycles. The first-order valence-corrected chi connectivity index (χ1v) is 6.74. The molecule has 1 N–H and O–H groups in total. The highest BCUT2D eigenvalue weighted by Crippen LogP contribution is 2.35. The van der Waals surface area contributed by atoms with Crippen LogP contribution in [0.5, 0.6) is 0 Å². The van der Waals surface area contributed by atoms with Gasteiger partial charge in [-0.3, -0.25) is 4.79 Å². The molecule has 3 unspecified atom stereocenters. The largest absolute Gasteiger partial charge is 0.481 e. The molecule has 4 atom stereocenters. The quantitative estimate of drug-likeness (QED) is 0.538. The number of carbonyl (C=O) groups excluding carboxylic acids is 2. The summed E-state index contributed by atoms with van der Waals surface area (Å²) in [5, 5.41) is 9.36. The summed E-state index contributed by atoms with van der Waals surface area (Å²) in [5.41, 5.74) is 0. The van der Waals surface area contributed by atoms with Crippen LogP contribution in [0.3, 0.4) is 0 Å². The van der Waals surface area contributed by atoms with Gasteiger partial charge in [-0.1, -0.05) is 0 Å². The van der Waals surface area contributed by atoms with Crippen LogP contribution in [0.4, 0.5) is 0 Å². The topological polar surface area (TPSA) is 61.1 Å². The summed E-state index contributed by atoms with van der Waals surface area (Å²) >= 11 is 0. The Kier molecular flexibility index (Phi) is 3.01. The molecule has 3 aliphatic heterocycles. The van der Waals surface area contributed by atoms with Gasteiger partial charge in [-0.15, -0.1) is 0 Å². The fraction of sp³-hybridized carbons (Fsp3) is 0.846. The summed E-state index contributed by atoms with van der Waals surface area (Å²) in [6.45, 7) is 2.47.